The molecule has 0 bridgehead atoms. The van der Waals surface area contributed by atoms with E-state index in [1.807, 2.05) is 41.5 Å². The van der Waals surface area contributed by atoms with Crippen molar-refractivity contribution in [2.75, 3.05) is 11.9 Å². The number of benzene rings is 1. The topological polar surface area (TPSA) is 103 Å². The summed E-state index contributed by atoms with van der Waals surface area (Å²) in [6.07, 6.45) is 1.47. The van der Waals surface area contributed by atoms with Crippen molar-refractivity contribution in [3.63, 3.8) is 0 Å². The molecule has 152 valence electrons. The molecule has 28 heavy (non-hydrogen) atoms. The lowest BCUT2D eigenvalue weighted by Gasteiger charge is -2.27. The van der Waals surface area contributed by atoms with Gasteiger partial charge in [-0.2, -0.15) is 0 Å². The molecular weight excluding hydrogens is 362 g/mol. The maximum atomic E-state index is 12.9. The molecule has 0 aliphatic heterocycles. The zero-order valence-corrected chi connectivity index (χ0v) is 17.4. The molecule has 8 heteroatoms. The van der Waals surface area contributed by atoms with Crippen molar-refractivity contribution < 1.29 is 14.5 Å². The van der Waals surface area contributed by atoms with Crippen molar-refractivity contribution >= 4 is 28.2 Å². The highest BCUT2D eigenvalue weighted by Gasteiger charge is 2.26. The summed E-state index contributed by atoms with van der Waals surface area (Å²) in [7, 11) is 0. The van der Waals surface area contributed by atoms with Gasteiger partial charge in [0.15, 0.2) is 0 Å². The summed E-state index contributed by atoms with van der Waals surface area (Å²) in [5, 5.41) is 14.9. The van der Waals surface area contributed by atoms with Crippen LogP contribution in [0.3, 0.4) is 0 Å². The Balaban J connectivity index is 2.96. The zero-order valence-electron chi connectivity index (χ0n) is 17.4. The number of fused-ring (bicyclic) bond motifs is 1. The molecule has 0 atom stereocenters. The molecule has 0 aliphatic carbocycles. The Kier molecular flexibility index (Phi) is 5.55. The van der Waals surface area contributed by atoms with Gasteiger partial charge in [-0.25, -0.2) is 4.79 Å². The number of rotatable bonds is 4. The van der Waals surface area contributed by atoms with Crippen LogP contribution in [-0.4, -0.2) is 27.6 Å². The Labute approximate surface area is 163 Å². The van der Waals surface area contributed by atoms with Gasteiger partial charge in [-0.3, -0.25) is 14.9 Å². The third-order valence-corrected chi connectivity index (χ3v) is 4.05. The molecule has 1 aromatic heterocycles. The molecule has 0 aliphatic rings. The van der Waals surface area contributed by atoms with E-state index in [2.05, 4.69) is 5.32 Å². The smallest absolute Gasteiger partial charge is 0.343 e. The third-order valence-electron chi connectivity index (χ3n) is 4.05. The molecule has 0 saturated heterocycles. The summed E-state index contributed by atoms with van der Waals surface area (Å²) in [5.41, 5.74) is -1.04. The molecular formula is C20H27N3O5. The minimum Gasteiger partial charge on any atom is -0.462 e. The van der Waals surface area contributed by atoms with Crippen molar-refractivity contribution in [3.8, 4) is 0 Å². The quantitative estimate of drug-likeness (QED) is 0.481. The normalized spacial score (nSPS) is 12.1. The zero-order chi connectivity index (χ0) is 21.4. The van der Waals surface area contributed by atoms with Crippen molar-refractivity contribution in [2.24, 2.45) is 0 Å². The van der Waals surface area contributed by atoms with Gasteiger partial charge in [-0.1, -0.05) is 0 Å². The number of nitro groups is 1. The number of carbonyl (C=O) groups excluding carboxylic acids is 1. The fourth-order valence-electron chi connectivity index (χ4n) is 2.92. The number of carbonyl (C=O) groups is 1. The van der Waals surface area contributed by atoms with Crippen LogP contribution in [0.15, 0.2) is 23.1 Å². The second-order valence-corrected chi connectivity index (χ2v) is 8.65. The fourth-order valence-corrected chi connectivity index (χ4v) is 2.92. The Morgan fingerprint density at radius 3 is 2.29 bits per heavy atom. The molecule has 0 saturated carbocycles. The minimum atomic E-state index is -0.744. The van der Waals surface area contributed by atoms with Crippen LogP contribution in [0.2, 0.25) is 0 Å². The van der Waals surface area contributed by atoms with Crippen LogP contribution in [0.1, 0.15) is 58.8 Å². The molecule has 0 fully saturated rings. The molecule has 2 rings (SSSR count). The number of nitro benzene ring substituents is 1. The second kappa shape index (κ2) is 7.26. The first-order chi connectivity index (χ1) is 12.8. The van der Waals surface area contributed by atoms with E-state index in [4.69, 9.17) is 4.74 Å². The summed E-state index contributed by atoms with van der Waals surface area (Å²) in [6.45, 7) is 13.2. The van der Waals surface area contributed by atoms with Gasteiger partial charge < -0.3 is 14.6 Å². The predicted octanol–water partition coefficient (Wildman–Crippen LogP) is 4.05. The van der Waals surface area contributed by atoms with Gasteiger partial charge in [0.1, 0.15) is 11.3 Å². The van der Waals surface area contributed by atoms with Gasteiger partial charge in [0.2, 0.25) is 5.43 Å². The Morgan fingerprint density at radius 1 is 1.21 bits per heavy atom. The van der Waals surface area contributed by atoms with E-state index in [1.54, 1.807) is 17.6 Å². The maximum absolute atomic E-state index is 12.9. The second-order valence-electron chi connectivity index (χ2n) is 8.65. The van der Waals surface area contributed by atoms with E-state index in [9.17, 15) is 19.7 Å². The molecule has 8 nitrogen and oxygen atoms in total. The van der Waals surface area contributed by atoms with E-state index in [-0.39, 0.29) is 23.2 Å². The Bertz CT molecular complexity index is 994. The minimum absolute atomic E-state index is 0.103. The maximum Gasteiger partial charge on any atom is 0.343 e. The molecule has 1 heterocycles. The van der Waals surface area contributed by atoms with Crippen LogP contribution in [0, 0.1) is 10.1 Å². The van der Waals surface area contributed by atoms with Crippen molar-refractivity contribution in [3.05, 3.63) is 44.2 Å². The highest BCUT2D eigenvalue weighted by molar-refractivity contribution is 5.96. The van der Waals surface area contributed by atoms with Crippen LogP contribution < -0.4 is 10.7 Å². The first-order valence-corrected chi connectivity index (χ1v) is 9.10. The van der Waals surface area contributed by atoms with Gasteiger partial charge >= 0.3 is 5.97 Å². The lowest BCUT2D eigenvalue weighted by molar-refractivity contribution is -0.383. The lowest BCUT2D eigenvalue weighted by atomic mass is 10.0. The predicted molar refractivity (Wildman–Crippen MR) is 109 cm³/mol. The molecule has 0 radical (unpaired) electrons. The number of hydrogen-bond acceptors (Lipinski definition) is 6. The number of ether oxygens (including phenoxy) is 1. The molecule has 1 N–H and O–H groups in total. The largest absolute Gasteiger partial charge is 0.462 e. The number of nitrogens with zero attached hydrogens (tertiary/aromatic N) is 2. The van der Waals surface area contributed by atoms with Crippen molar-refractivity contribution in [1.82, 2.24) is 4.57 Å². The Morgan fingerprint density at radius 2 is 1.82 bits per heavy atom. The molecule has 2 aromatic rings. The molecule has 0 unspecified atom stereocenters. The van der Waals surface area contributed by atoms with Crippen LogP contribution in [0.5, 0.6) is 0 Å². The SMILES string of the molecule is CCOC(=O)c1cn(C(C)(C)C)c2cc(NC(C)(C)C)c([N+](=O)[O-])cc2c1=O. The molecule has 0 spiro atoms. The Hall–Kier alpha value is -2.90. The van der Waals surface area contributed by atoms with E-state index >= 15 is 0 Å². The standard InChI is InChI=1S/C20H27N3O5/c1-8-28-18(25)13-11-22(20(5,6)7)15-10-14(21-19(2,3)4)16(23(26)27)9-12(15)17(13)24/h9-11,21H,8H2,1-7H3. The van der Waals surface area contributed by atoms with E-state index < -0.39 is 27.4 Å². The average molecular weight is 389 g/mol. The number of aromatic nitrogens is 1. The van der Waals surface area contributed by atoms with Gasteiger partial charge in [0, 0.05) is 23.3 Å². The highest BCUT2D eigenvalue weighted by Crippen LogP contribution is 2.33. The average Bonchev–Trinajstić information content (AvgIpc) is 2.51. The van der Waals surface area contributed by atoms with E-state index in [1.165, 1.54) is 12.3 Å². The highest BCUT2D eigenvalue weighted by atomic mass is 16.6. The van der Waals surface area contributed by atoms with Crippen molar-refractivity contribution in [2.45, 2.75) is 59.5 Å². The molecule has 1 aromatic carbocycles. The van der Waals surface area contributed by atoms with Crippen LogP contribution in [-0.2, 0) is 10.3 Å². The summed E-state index contributed by atoms with van der Waals surface area (Å²) >= 11 is 0. The lowest BCUT2D eigenvalue weighted by Crippen LogP contribution is -2.29. The van der Waals surface area contributed by atoms with E-state index in [0.29, 0.717) is 11.2 Å². The summed E-state index contributed by atoms with van der Waals surface area (Å²) < 4.78 is 6.77. The molecule has 0 amide bonds. The fraction of sp³-hybridized carbons (Fsp3) is 0.500. The van der Waals surface area contributed by atoms with Crippen LogP contribution in [0.25, 0.3) is 10.9 Å². The number of esters is 1. The van der Waals surface area contributed by atoms with Gasteiger partial charge in [0.05, 0.1) is 22.4 Å². The summed E-state index contributed by atoms with van der Waals surface area (Å²) in [5.74, 6) is -0.744. The van der Waals surface area contributed by atoms with Crippen LogP contribution >= 0.6 is 0 Å². The van der Waals surface area contributed by atoms with Crippen molar-refractivity contribution in [1.29, 1.82) is 0 Å². The number of anilines is 1. The van der Waals surface area contributed by atoms with E-state index in [0.717, 1.165) is 0 Å². The number of hydrogen-bond donors (Lipinski definition) is 1. The summed E-state index contributed by atoms with van der Waals surface area (Å²) in [4.78, 5) is 36.3. The summed E-state index contributed by atoms with van der Waals surface area (Å²) in [6, 6.07) is 2.83. The monoisotopic (exact) mass is 389 g/mol. The van der Waals surface area contributed by atoms with Gasteiger partial charge in [-0.15, -0.1) is 0 Å². The first kappa shape index (κ1) is 21.4. The number of nitrogens with one attached hydrogen (secondary N) is 1. The number of pyridine rings is 1. The third kappa shape index (κ3) is 4.32. The van der Waals surface area contributed by atoms with Gasteiger partial charge in [-0.05, 0) is 54.5 Å². The van der Waals surface area contributed by atoms with Gasteiger partial charge in [0.25, 0.3) is 5.69 Å². The van der Waals surface area contributed by atoms with Crippen LogP contribution in [0.4, 0.5) is 11.4 Å². The first-order valence-electron chi connectivity index (χ1n) is 9.10.